The van der Waals surface area contributed by atoms with Gasteiger partial charge in [-0.1, -0.05) is 0 Å². The molecule has 0 aliphatic carbocycles. The molecule has 0 radical (unpaired) electrons. The predicted octanol–water partition coefficient (Wildman–Crippen LogP) is 0.155. The zero-order chi connectivity index (χ0) is 9.97. The standard InChI is InChI=1S/C7H10N4O2S/c12-11(13)6-5-8-1-3-10(6)7-9-2-4-14-7/h2,4,6,8H,1,3,5H2. The third-order valence-electron chi connectivity index (χ3n) is 2.12. The number of nitrogens with one attached hydrogen (secondary N) is 1. The second-order valence-corrected chi connectivity index (χ2v) is 3.85. The fourth-order valence-electron chi connectivity index (χ4n) is 1.46. The van der Waals surface area contributed by atoms with E-state index in [1.54, 1.807) is 11.1 Å². The molecule has 0 aromatic carbocycles. The van der Waals surface area contributed by atoms with E-state index < -0.39 is 6.17 Å². The lowest BCUT2D eigenvalue weighted by atomic mass is 10.3. The van der Waals surface area contributed by atoms with Crippen LogP contribution in [0.2, 0.25) is 0 Å². The first-order valence-electron chi connectivity index (χ1n) is 4.29. The summed E-state index contributed by atoms with van der Waals surface area (Å²) in [6.45, 7) is 1.79. The van der Waals surface area contributed by atoms with Crippen LogP contribution in [0.3, 0.4) is 0 Å². The Morgan fingerprint density at radius 3 is 3.29 bits per heavy atom. The lowest BCUT2D eigenvalue weighted by molar-refractivity contribution is -0.520. The molecule has 14 heavy (non-hydrogen) atoms. The molecular weight excluding hydrogens is 204 g/mol. The number of piperazine rings is 1. The molecule has 1 saturated heterocycles. The molecule has 1 aliphatic rings. The van der Waals surface area contributed by atoms with Crippen molar-refractivity contribution in [1.82, 2.24) is 10.3 Å². The topological polar surface area (TPSA) is 71.3 Å². The molecule has 2 heterocycles. The minimum absolute atomic E-state index is 0.270. The van der Waals surface area contributed by atoms with Gasteiger partial charge in [0.25, 0.3) is 0 Å². The maximum Gasteiger partial charge on any atom is 0.301 e. The lowest BCUT2D eigenvalue weighted by Gasteiger charge is -2.29. The van der Waals surface area contributed by atoms with Crippen molar-refractivity contribution in [3.05, 3.63) is 21.7 Å². The largest absolute Gasteiger partial charge is 0.307 e. The van der Waals surface area contributed by atoms with Gasteiger partial charge in [0.1, 0.15) is 0 Å². The van der Waals surface area contributed by atoms with Crippen LogP contribution in [-0.2, 0) is 0 Å². The van der Waals surface area contributed by atoms with E-state index in [1.807, 2.05) is 5.38 Å². The number of nitrogens with zero attached hydrogens (tertiary/aromatic N) is 3. The highest BCUT2D eigenvalue weighted by Crippen LogP contribution is 2.20. The van der Waals surface area contributed by atoms with Gasteiger partial charge >= 0.3 is 6.17 Å². The van der Waals surface area contributed by atoms with Crippen LogP contribution in [0.1, 0.15) is 0 Å². The molecule has 6 nitrogen and oxygen atoms in total. The van der Waals surface area contributed by atoms with Crippen molar-refractivity contribution in [3.63, 3.8) is 0 Å². The quantitative estimate of drug-likeness (QED) is 0.560. The maximum atomic E-state index is 10.8. The SMILES string of the molecule is O=[N+]([O-])C1CNCCN1c1nccs1. The van der Waals surface area contributed by atoms with Crippen LogP contribution in [-0.4, -0.2) is 35.7 Å². The monoisotopic (exact) mass is 214 g/mol. The van der Waals surface area contributed by atoms with Gasteiger partial charge in [0.2, 0.25) is 0 Å². The van der Waals surface area contributed by atoms with Gasteiger partial charge in [-0.05, 0) is 0 Å². The minimum atomic E-state index is -0.685. The van der Waals surface area contributed by atoms with Crippen LogP contribution in [0.5, 0.6) is 0 Å². The number of aromatic nitrogens is 1. The molecular formula is C7H10N4O2S. The number of hydrogen-bond donors (Lipinski definition) is 1. The molecule has 0 saturated carbocycles. The van der Waals surface area contributed by atoms with E-state index in [0.29, 0.717) is 13.1 Å². The van der Waals surface area contributed by atoms with Gasteiger partial charge in [-0.2, -0.15) is 0 Å². The summed E-state index contributed by atoms with van der Waals surface area (Å²) in [5, 5.41) is 16.3. The number of hydrogen-bond acceptors (Lipinski definition) is 6. The summed E-state index contributed by atoms with van der Waals surface area (Å²) in [4.78, 5) is 16.3. The molecule has 1 N–H and O–H groups in total. The molecule has 1 aliphatic heterocycles. The summed E-state index contributed by atoms with van der Waals surface area (Å²) >= 11 is 1.43. The van der Waals surface area contributed by atoms with Crippen LogP contribution < -0.4 is 10.2 Å². The summed E-state index contributed by atoms with van der Waals surface area (Å²) in [5.74, 6) is 0. The molecule has 2 rings (SSSR count). The molecule has 0 amide bonds. The summed E-state index contributed by atoms with van der Waals surface area (Å²) in [7, 11) is 0. The zero-order valence-corrected chi connectivity index (χ0v) is 8.24. The average molecular weight is 214 g/mol. The zero-order valence-electron chi connectivity index (χ0n) is 7.42. The molecule has 7 heteroatoms. The van der Waals surface area contributed by atoms with E-state index in [4.69, 9.17) is 0 Å². The molecule has 1 unspecified atom stereocenters. The highest BCUT2D eigenvalue weighted by Gasteiger charge is 2.32. The van der Waals surface area contributed by atoms with Crippen molar-refractivity contribution in [3.8, 4) is 0 Å². The fraction of sp³-hybridized carbons (Fsp3) is 0.571. The third kappa shape index (κ3) is 1.68. The minimum Gasteiger partial charge on any atom is -0.307 e. The van der Waals surface area contributed by atoms with Gasteiger partial charge in [0, 0.05) is 29.6 Å². The number of thiazole rings is 1. The number of rotatable bonds is 2. The summed E-state index contributed by atoms with van der Waals surface area (Å²) < 4.78 is 0. The first kappa shape index (κ1) is 9.35. The summed E-state index contributed by atoms with van der Waals surface area (Å²) in [5.41, 5.74) is 0. The highest BCUT2D eigenvalue weighted by atomic mass is 32.1. The van der Waals surface area contributed by atoms with Gasteiger partial charge in [0.05, 0.1) is 6.54 Å². The Bertz CT molecular complexity index is 315. The third-order valence-corrected chi connectivity index (χ3v) is 2.93. The van der Waals surface area contributed by atoms with E-state index >= 15 is 0 Å². The van der Waals surface area contributed by atoms with Crippen molar-refractivity contribution in [2.24, 2.45) is 0 Å². The van der Waals surface area contributed by atoms with E-state index in [1.165, 1.54) is 11.3 Å². The molecule has 1 aromatic rings. The van der Waals surface area contributed by atoms with E-state index in [9.17, 15) is 10.1 Å². The van der Waals surface area contributed by atoms with Crippen LogP contribution in [0.15, 0.2) is 11.6 Å². The lowest BCUT2D eigenvalue weighted by Crippen LogP contribution is -2.55. The molecule has 1 aromatic heterocycles. The van der Waals surface area contributed by atoms with E-state index in [-0.39, 0.29) is 4.92 Å². The summed E-state index contributed by atoms with van der Waals surface area (Å²) in [6, 6.07) is 0. The van der Waals surface area contributed by atoms with Gasteiger partial charge in [-0.15, -0.1) is 11.3 Å². The molecule has 0 bridgehead atoms. The van der Waals surface area contributed by atoms with Gasteiger partial charge in [0.15, 0.2) is 5.13 Å². The fourth-order valence-corrected chi connectivity index (χ4v) is 2.17. The van der Waals surface area contributed by atoms with Crippen LogP contribution in [0.25, 0.3) is 0 Å². The van der Waals surface area contributed by atoms with Gasteiger partial charge in [-0.3, -0.25) is 15.0 Å². The Balaban J connectivity index is 2.18. The Hall–Kier alpha value is -1.21. The van der Waals surface area contributed by atoms with Crippen LogP contribution >= 0.6 is 11.3 Å². The Labute approximate surface area is 84.7 Å². The van der Waals surface area contributed by atoms with E-state index in [0.717, 1.165) is 11.7 Å². The Morgan fingerprint density at radius 2 is 2.64 bits per heavy atom. The second-order valence-electron chi connectivity index (χ2n) is 2.98. The summed E-state index contributed by atoms with van der Waals surface area (Å²) in [6.07, 6.45) is 0.980. The van der Waals surface area contributed by atoms with Crippen molar-refractivity contribution >= 4 is 16.5 Å². The van der Waals surface area contributed by atoms with Crippen molar-refractivity contribution in [2.45, 2.75) is 6.17 Å². The van der Waals surface area contributed by atoms with Crippen molar-refractivity contribution < 1.29 is 4.92 Å². The highest BCUT2D eigenvalue weighted by molar-refractivity contribution is 7.13. The Morgan fingerprint density at radius 1 is 1.79 bits per heavy atom. The first-order chi connectivity index (χ1) is 6.79. The molecule has 76 valence electrons. The molecule has 1 atom stereocenters. The Kier molecular flexibility index (Phi) is 2.60. The number of anilines is 1. The second kappa shape index (κ2) is 3.89. The predicted molar refractivity (Wildman–Crippen MR) is 53.1 cm³/mol. The molecule has 0 spiro atoms. The molecule has 1 fully saturated rings. The first-order valence-corrected chi connectivity index (χ1v) is 5.17. The smallest absolute Gasteiger partial charge is 0.301 e. The van der Waals surface area contributed by atoms with Crippen LogP contribution in [0.4, 0.5) is 5.13 Å². The van der Waals surface area contributed by atoms with Crippen LogP contribution in [0, 0.1) is 10.1 Å². The van der Waals surface area contributed by atoms with Gasteiger partial charge < -0.3 is 5.32 Å². The van der Waals surface area contributed by atoms with Gasteiger partial charge in [-0.25, -0.2) is 4.98 Å². The maximum absolute atomic E-state index is 10.8. The number of nitro groups is 1. The van der Waals surface area contributed by atoms with Crippen molar-refractivity contribution in [2.75, 3.05) is 24.5 Å². The normalized spacial score (nSPS) is 22.3. The average Bonchev–Trinajstić information content (AvgIpc) is 2.70. The van der Waals surface area contributed by atoms with E-state index in [2.05, 4.69) is 10.3 Å². The van der Waals surface area contributed by atoms with Crippen molar-refractivity contribution in [1.29, 1.82) is 0 Å².